The molecule has 8 nitrogen and oxygen atoms in total. The van der Waals surface area contributed by atoms with Crippen molar-refractivity contribution in [2.75, 3.05) is 31.1 Å². The van der Waals surface area contributed by atoms with Gasteiger partial charge in [-0.1, -0.05) is 0 Å². The second-order valence-electron chi connectivity index (χ2n) is 6.18. The molecule has 0 saturated carbocycles. The number of nitriles is 1. The van der Waals surface area contributed by atoms with E-state index < -0.39 is 4.92 Å². The van der Waals surface area contributed by atoms with Crippen LogP contribution in [0.15, 0.2) is 12.1 Å². The van der Waals surface area contributed by atoms with Gasteiger partial charge in [-0.2, -0.15) is 5.26 Å². The number of carbonyl (C=O) groups excluding carboxylic acids is 1. The van der Waals surface area contributed by atoms with E-state index in [4.69, 9.17) is 5.26 Å². The molecular formula is C16H19N5O3. The van der Waals surface area contributed by atoms with E-state index in [0.29, 0.717) is 30.9 Å². The number of amides is 2. The molecule has 2 aliphatic heterocycles. The minimum absolute atomic E-state index is 0.0370. The van der Waals surface area contributed by atoms with Crippen LogP contribution < -0.4 is 10.2 Å². The zero-order valence-electron chi connectivity index (χ0n) is 13.5. The first-order valence-corrected chi connectivity index (χ1v) is 8.00. The van der Waals surface area contributed by atoms with Gasteiger partial charge in [0.15, 0.2) is 0 Å². The standard InChI is InChI=1S/C16H19N5O3/c1-11-14(7-12(9-17)8-15(11)21(23)24)19-5-2-3-13(10-19)20-6-4-18-16(20)22/h7-8,13H,2-6,10H2,1H3,(H,18,22). The van der Waals surface area contributed by atoms with Crippen LogP contribution in [0.2, 0.25) is 0 Å². The molecule has 24 heavy (non-hydrogen) atoms. The molecule has 1 unspecified atom stereocenters. The zero-order chi connectivity index (χ0) is 17.3. The number of nitro benzene ring substituents is 1. The van der Waals surface area contributed by atoms with Crippen molar-refractivity contribution in [3.8, 4) is 6.07 Å². The highest BCUT2D eigenvalue weighted by Gasteiger charge is 2.32. The lowest BCUT2D eigenvalue weighted by atomic mass is 10.0. The largest absolute Gasteiger partial charge is 0.369 e. The highest BCUT2D eigenvalue weighted by Crippen LogP contribution is 2.32. The van der Waals surface area contributed by atoms with Crippen LogP contribution in [0.3, 0.4) is 0 Å². The number of rotatable bonds is 3. The van der Waals surface area contributed by atoms with E-state index in [-0.39, 0.29) is 23.3 Å². The molecule has 0 radical (unpaired) electrons. The van der Waals surface area contributed by atoms with Gasteiger partial charge in [0.25, 0.3) is 5.69 Å². The van der Waals surface area contributed by atoms with Gasteiger partial charge in [0.05, 0.1) is 28.2 Å². The summed E-state index contributed by atoms with van der Waals surface area (Å²) in [5.41, 5.74) is 1.52. The SMILES string of the molecule is Cc1c(N2CCCC(N3CCNC3=O)C2)cc(C#N)cc1[N+](=O)[O-]. The number of nitrogens with one attached hydrogen (secondary N) is 1. The molecule has 2 amide bonds. The van der Waals surface area contributed by atoms with E-state index in [1.165, 1.54) is 6.07 Å². The molecule has 2 saturated heterocycles. The fourth-order valence-corrected chi connectivity index (χ4v) is 3.53. The monoisotopic (exact) mass is 329 g/mol. The molecule has 0 spiro atoms. The summed E-state index contributed by atoms with van der Waals surface area (Å²) in [7, 11) is 0. The fraction of sp³-hybridized carbons (Fsp3) is 0.500. The third-order valence-electron chi connectivity index (χ3n) is 4.75. The molecule has 2 aliphatic rings. The molecule has 1 N–H and O–H groups in total. The van der Waals surface area contributed by atoms with Crippen molar-refractivity contribution in [2.45, 2.75) is 25.8 Å². The van der Waals surface area contributed by atoms with Crippen LogP contribution in [0.25, 0.3) is 0 Å². The number of hydrogen-bond acceptors (Lipinski definition) is 5. The smallest absolute Gasteiger partial charge is 0.317 e. The minimum atomic E-state index is -0.449. The Hall–Kier alpha value is -2.82. The van der Waals surface area contributed by atoms with E-state index in [2.05, 4.69) is 10.2 Å². The second-order valence-corrected chi connectivity index (χ2v) is 6.18. The van der Waals surface area contributed by atoms with Crippen LogP contribution in [0.1, 0.15) is 24.0 Å². The maximum absolute atomic E-state index is 11.9. The normalized spacial score (nSPS) is 20.7. The number of urea groups is 1. The number of piperidine rings is 1. The van der Waals surface area contributed by atoms with Gasteiger partial charge in [0.1, 0.15) is 0 Å². The Balaban J connectivity index is 1.90. The summed E-state index contributed by atoms with van der Waals surface area (Å²) in [5.74, 6) is 0. The van der Waals surface area contributed by atoms with E-state index in [9.17, 15) is 14.9 Å². The van der Waals surface area contributed by atoms with Crippen LogP contribution in [0.4, 0.5) is 16.2 Å². The first-order chi connectivity index (χ1) is 11.5. The zero-order valence-corrected chi connectivity index (χ0v) is 13.5. The van der Waals surface area contributed by atoms with Crippen LogP contribution >= 0.6 is 0 Å². The van der Waals surface area contributed by atoms with Gasteiger partial charge < -0.3 is 15.1 Å². The summed E-state index contributed by atoms with van der Waals surface area (Å²) < 4.78 is 0. The Bertz CT molecular complexity index is 727. The number of benzene rings is 1. The Kier molecular flexibility index (Phi) is 4.25. The molecule has 2 fully saturated rings. The van der Waals surface area contributed by atoms with Crippen molar-refractivity contribution in [1.82, 2.24) is 10.2 Å². The van der Waals surface area contributed by atoms with Crippen LogP contribution in [-0.4, -0.2) is 48.1 Å². The number of anilines is 1. The van der Waals surface area contributed by atoms with Gasteiger partial charge in [0, 0.05) is 37.9 Å². The van der Waals surface area contributed by atoms with Crippen molar-refractivity contribution < 1.29 is 9.72 Å². The Morgan fingerprint density at radius 2 is 2.21 bits per heavy atom. The number of nitrogens with zero attached hydrogens (tertiary/aromatic N) is 4. The molecular weight excluding hydrogens is 310 g/mol. The maximum Gasteiger partial charge on any atom is 0.317 e. The minimum Gasteiger partial charge on any atom is -0.369 e. The van der Waals surface area contributed by atoms with Crippen LogP contribution in [0, 0.1) is 28.4 Å². The first-order valence-electron chi connectivity index (χ1n) is 8.00. The quantitative estimate of drug-likeness (QED) is 0.672. The van der Waals surface area contributed by atoms with Crippen molar-refractivity contribution in [2.24, 2.45) is 0 Å². The lowest BCUT2D eigenvalue weighted by Crippen LogP contribution is -2.49. The van der Waals surface area contributed by atoms with Crippen LogP contribution in [0.5, 0.6) is 0 Å². The summed E-state index contributed by atoms with van der Waals surface area (Å²) in [6, 6.07) is 5.06. The molecule has 3 rings (SSSR count). The van der Waals surface area contributed by atoms with Gasteiger partial charge in [-0.25, -0.2) is 4.79 Å². The summed E-state index contributed by atoms with van der Waals surface area (Å²) in [5, 5.41) is 23.2. The first kappa shape index (κ1) is 16.1. The average Bonchev–Trinajstić information content (AvgIpc) is 3.01. The summed E-state index contributed by atoms with van der Waals surface area (Å²) >= 11 is 0. The molecule has 2 heterocycles. The highest BCUT2D eigenvalue weighted by atomic mass is 16.6. The van der Waals surface area contributed by atoms with E-state index in [0.717, 1.165) is 19.4 Å². The van der Waals surface area contributed by atoms with Gasteiger partial charge in [-0.05, 0) is 25.8 Å². The Morgan fingerprint density at radius 3 is 2.83 bits per heavy atom. The van der Waals surface area contributed by atoms with Gasteiger partial charge in [-0.15, -0.1) is 0 Å². The van der Waals surface area contributed by atoms with Crippen molar-refractivity contribution in [3.05, 3.63) is 33.4 Å². The molecule has 1 atom stereocenters. The molecule has 126 valence electrons. The van der Waals surface area contributed by atoms with E-state index in [1.54, 1.807) is 13.0 Å². The van der Waals surface area contributed by atoms with Gasteiger partial charge in [-0.3, -0.25) is 10.1 Å². The highest BCUT2D eigenvalue weighted by molar-refractivity contribution is 5.76. The topological polar surface area (TPSA) is 103 Å². The summed E-state index contributed by atoms with van der Waals surface area (Å²) in [6.07, 6.45) is 1.82. The third-order valence-corrected chi connectivity index (χ3v) is 4.75. The second kappa shape index (κ2) is 6.35. The third kappa shape index (κ3) is 2.85. The van der Waals surface area contributed by atoms with Gasteiger partial charge >= 0.3 is 6.03 Å². The summed E-state index contributed by atoms with van der Waals surface area (Å²) in [6.45, 7) is 4.44. The predicted molar refractivity (Wildman–Crippen MR) is 87.9 cm³/mol. The molecule has 8 heteroatoms. The van der Waals surface area contributed by atoms with E-state index >= 15 is 0 Å². The molecule has 0 aliphatic carbocycles. The predicted octanol–water partition coefficient (Wildman–Crippen LogP) is 1.77. The molecule has 1 aromatic carbocycles. The Morgan fingerprint density at radius 1 is 1.42 bits per heavy atom. The molecule has 1 aromatic rings. The van der Waals surface area contributed by atoms with Crippen molar-refractivity contribution in [3.63, 3.8) is 0 Å². The lowest BCUT2D eigenvalue weighted by molar-refractivity contribution is -0.385. The average molecular weight is 329 g/mol. The van der Waals surface area contributed by atoms with Crippen molar-refractivity contribution in [1.29, 1.82) is 5.26 Å². The number of hydrogen-bond donors (Lipinski definition) is 1. The fourth-order valence-electron chi connectivity index (χ4n) is 3.53. The van der Waals surface area contributed by atoms with Gasteiger partial charge in [0.2, 0.25) is 0 Å². The lowest BCUT2D eigenvalue weighted by Gasteiger charge is -2.38. The van der Waals surface area contributed by atoms with Crippen molar-refractivity contribution >= 4 is 17.4 Å². The number of carbonyl (C=O) groups is 1. The number of nitro groups is 1. The molecule has 0 bridgehead atoms. The van der Waals surface area contributed by atoms with Crippen LogP contribution in [-0.2, 0) is 0 Å². The van der Waals surface area contributed by atoms with E-state index in [1.807, 2.05) is 11.0 Å². The Labute approximate surface area is 139 Å². The summed E-state index contributed by atoms with van der Waals surface area (Å²) in [4.78, 5) is 26.6. The maximum atomic E-state index is 11.9. The molecule has 0 aromatic heterocycles.